The molecule has 1 heterocycles. The number of nitrogens with two attached hydrogens (primary N) is 1. The first-order chi connectivity index (χ1) is 10.1. The van der Waals surface area contributed by atoms with Crippen molar-refractivity contribution in [1.29, 1.82) is 0 Å². The van der Waals surface area contributed by atoms with Crippen molar-refractivity contribution < 1.29 is 18.0 Å². The van der Waals surface area contributed by atoms with E-state index >= 15 is 0 Å². The SMILES string of the molecule is Cc1c(C(N)=O)cc(-c2ccc(C(F)(F)F)cc2)n1C(C)C. The van der Waals surface area contributed by atoms with Gasteiger partial charge in [-0.25, -0.2) is 0 Å². The van der Waals surface area contributed by atoms with Crippen LogP contribution in [0.2, 0.25) is 0 Å². The smallest absolute Gasteiger partial charge is 0.366 e. The number of benzene rings is 1. The molecule has 1 aromatic heterocycles. The number of carbonyl (C=O) groups is 1. The van der Waals surface area contributed by atoms with Crippen LogP contribution in [0.1, 0.15) is 41.5 Å². The number of carbonyl (C=O) groups excluding carboxylic acids is 1. The van der Waals surface area contributed by atoms with Crippen molar-refractivity contribution in [2.24, 2.45) is 5.73 Å². The number of primary amides is 1. The van der Waals surface area contributed by atoms with Crippen LogP contribution in [0.15, 0.2) is 30.3 Å². The summed E-state index contributed by atoms with van der Waals surface area (Å²) in [5.41, 5.74) is 7.02. The third-order valence-corrected chi connectivity index (χ3v) is 3.58. The normalized spacial score (nSPS) is 12.0. The van der Waals surface area contributed by atoms with E-state index in [-0.39, 0.29) is 6.04 Å². The van der Waals surface area contributed by atoms with Crippen molar-refractivity contribution in [3.05, 3.63) is 47.2 Å². The van der Waals surface area contributed by atoms with E-state index in [1.165, 1.54) is 12.1 Å². The summed E-state index contributed by atoms with van der Waals surface area (Å²) in [6, 6.07) is 6.55. The van der Waals surface area contributed by atoms with E-state index in [4.69, 9.17) is 5.73 Å². The highest BCUT2D eigenvalue weighted by molar-refractivity contribution is 5.95. The lowest BCUT2D eigenvalue weighted by Crippen LogP contribution is -2.13. The van der Waals surface area contributed by atoms with Gasteiger partial charge in [-0.15, -0.1) is 0 Å². The van der Waals surface area contributed by atoms with E-state index in [0.29, 0.717) is 22.5 Å². The average Bonchev–Trinajstić information content (AvgIpc) is 2.75. The lowest BCUT2D eigenvalue weighted by Gasteiger charge is -2.16. The molecule has 0 bridgehead atoms. The molecule has 1 aromatic carbocycles. The van der Waals surface area contributed by atoms with Gasteiger partial charge in [0.25, 0.3) is 5.91 Å². The van der Waals surface area contributed by atoms with E-state index in [0.717, 1.165) is 12.1 Å². The Bertz CT molecular complexity index is 697. The fraction of sp³-hybridized carbons (Fsp3) is 0.312. The monoisotopic (exact) mass is 310 g/mol. The zero-order valence-electron chi connectivity index (χ0n) is 12.5. The summed E-state index contributed by atoms with van der Waals surface area (Å²) < 4.78 is 39.8. The first-order valence-corrected chi connectivity index (χ1v) is 6.82. The second-order valence-electron chi connectivity index (χ2n) is 5.43. The molecule has 118 valence electrons. The maximum atomic E-state index is 12.6. The number of hydrogen-bond acceptors (Lipinski definition) is 1. The molecule has 0 unspecified atom stereocenters. The van der Waals surface area contributed by atoms with Gasteiger partial charge in [0.05, 0.1) is 11.1 Å². The van der Waals surface area contributed by atoms with Crippen molar-refractivity contribution in [2.45, 2.75) is 33.0 Å². The Morgan fingerprint density at radius 3 is 2.14 bits per heavy atom. The molecule has 0 fully saturated rings. The minimum absolute atomic E-state index is 0.0467. The second kappa shape index (κ2) is 5.51. The summed E-state index contributed by atoms with van der Waals surface area (Å²) in [5.74, 6) is -0.551. The van der Waals surface area contributed by atoms with Crippen LogP contribution < -0.4 is 5.73 Å². The number of hydrogen-bond donors (Lipinski definition) is 1. The molecule has 1 amide bonds. The molecule has 0 saturated heterocycles. The first kappa shape index (κ1) is 16.1. The van der Waals surface area contributed by atoms with Gasteiger partial charge in [0, 0.05) is 17.4 Å². The van der Waals surface area contributed by atoms with Crippen molar-refractivity contribution in [3.63, 3.8) is 0 Å². The third kappa shape index (κ3) is 2.86. The lowest BCUT2D eigenvalue weighted by molar-refractivity contribution is -0.137. The summed E-state index contributed by atoms with van der Waals surface area (Å²) in [6.45, 7) is 5.64. The van der Waals surface area contributed by atoms with Crippen LogP contribution in [-0.4, -0.2) is 10.5 Å². The molecular formula is C16H17F3N2O. The van der Waals surface area contributed by atoms with Crippen molar-refractivity contribution >= 4 is 5.91 Å². The zero-order chi connectivity index (χ0) is 16.7. The van der Waals surface area contributed by atoms with E-state index in [1.54, 1.807) is 13.0 Å². The van der Waals surface area contributed by atoms with Crippen molar-refractivity contribution in [2.75, 3.05) is 0 Å². The van der Waals surface area contributed by atoms with Gasteiger partial charge in [0.2, 0.25) is 0 Å². The molecule has 0 saturated carbocycles. The predicted molar refractivity (Wildman–Crippen MR) is 78.5 cm³/mol. The van der Waals surface area contributed by atoms with Gasteiger partial charge in [-0.3, -0.25) is 4.79 Å². The highest BCUT2D eigenvalue weighted by Gasteiger charge is 2.30. The molecule has 2 rings (SSSR count). The summed E-state index contributed by atoms with van der Waals surface area (Å²) in [6.07, 6.45) is -4.37. The molecule has 0 aliphatic heterocycles. The number of amides is 1. The molecule has 0 atom stereocenters. The van der Waals surface area contributed by atoms with Gasteiger partial charge in [-0.2, -0.15) is 13.2 Å². The number of nitrogens with zero attached hydrogens (tertiary/aromatic N) is 1. The first-order valence-electron chi connectivity index (χ1n) is 6.82. The molecule has 0 radical (unpaired) electrons. The fourth-order valence-corrected chi connectivity index (χ4v) is 2.59. The molecule has 0 aliphatic carbocycles. The quantitative estimate of drug-likeness (QED) is 0.909. The lowest BCUT2D eigenvalue weighted by atomic mass is 10.1. The van der Waals surface area contributed by atoms with E-state index in [9.17, 15) is 18.0 Å². The Morgan fingerprint density at radius 1 is 1.18 bits per heavy atom. The summed E-state index contributed by atoms with van der Waals surface area (Å²) in [7, 11) is 0. The Morgan fingerprint density at radius 2 is 1.73 bits per heavy atom. The topological polar surface area (TPSA) is 48.0 Å². The Hall–Kier alpha value is -2.24. The molecule has 2 aromatic rings. The maximum Gasteiger partial charge on any atom is 0.416 e. The fourth-order valence-electron chi connectivity index (χ4n) is 2.59. The zero-order valence-corrected chi connectivity index (χ0v) is 12.5. The number of alkyl halides is 3. The predicted octanol–water partition coefficient (Wildman–Crippen LogP) is 4.16. The van der Waals surface area contributed by atoms with Gasteiger partial charge >= 0.3 is 6.18 Å². The number of halogens is 3. The largest absolute Gasteiger partial charge is 0.416 e. The highest BCUT2D eigenvalue weighted by Crippen LogP contribution is 2.33. The summed E-state index contributed by atoms with van der Waals surface area (Å²) in [5, 5.41) is 0. The third-order valence-electron chi connectivity index (χ3n) is 3.58. The molecule has 0 aliphatic rings. The van der Waals surface area contributed by atoms with Gasteiger partial charge in [0.15, 0.2) is 0 Å². The van der Waals surface area contributed by atoms with E-state index in [2.05, 4.69) is 0 Å². The van der Waals surface area contributed by atoms with Crippen LogP contribution in [0.3, 0.4) is 0 Å². The molecule has 3 nitrogen and oxygen atoms in total. The molecule has 6 heteroatoms. The minimum atomic E-state index is -4.37. The van der Waals surface area contributed by atoms with Gasteiger partial charge in [-0.05, 0) is 44.5 Å². The highest BCUT2D eigenvalue weighted by atomic mass is 19.4. The Kier molecular flexibility index (Phi) is 4.04. The Labute approximate surface area is 126 Å². The van der Waals surface area contributed by atoms with Crippen LogP contribution in [0.25, 0.3) is 11.3 Å². The number of rotatable bonds is 3. The Balaban J connectivity index is 2.57. The van der Waals surface area contributed by atoms with Crippen molar-refractivity contribution in [3.8, 4) is 11.3 Å². The van der Waals surface area contributed by atoms with Crippen LogP contribution in [-0.2, 0) is 6.18 Å². The van der Waals surface area contributed by atoms with Crippen molar-refractivity contribution in [1.82, 2.24) is 4.57 Å². The minimum Gasteiger partial charge on any atom is -0.366 e. The van der Waals surface area contributed by atoms with Crippen LogP contribution in [0.4, 0.5) is 13.2 Å². The van der Waals surface area contributed by atoms with Gasteiger partial charge in [0.1, 0.15) is 0 Å². The number of aromatic nitrogens is 1. The molecule has 2 N–H and O–H groups in total. The van der Waals surface area contributed by atoms with Crippen LogP contribution in [0, 0.1) is 6.92 Å². The van der Waals surface area contributed by atoms with Crippen LogP contribution >= 0.6 is 0 Å². The maximum absolute atomic E-state index is 12.6. The van der Waals surface area contributed by atoms with Gasteiger partial charge < -0.3 is 10.3 Å². The summed E-state index contributed by atoms with van der Waals surface area (Å²) >= 11 is 0. The molecule has 22 heavy (non-hydrogen) atoms. The molecular weight excluding hydrogens is 293 g/mol. The van der Waals surface area contributed by atoms with E-state index < -0.39 is 17.6 Å². The second-order valence-corrected chi connectivity index (χ2v) is 5.43. The standard InChI is InChI=1S/C16H17F3N2O/c1-9(2)21-10(3)13(15(20)22)8-14(21)11-4-6-12(7-5-11)16(17,18)19/h4-9H,1-3H3,(H2,20,22). The van der Waals surface area contributed by atoms with Crippen LogP contribution in [0.5, 0.6) is 0 Å². The van der Waals surface area contributed by atoms with Gasteiger partial charge in [-0.1, -0.05) is 12.1 Å². The molecule has 0 spiro atoms. The average molecular weight is 310 g/mol. The van der Waals surface area contributed by atoms with E-state index in [1.807, 2.05) is 18.4 Å². The summed E-state index contributed by atoms with van der Waals surface area (Å²) in [4.78, 5) is 11.5.